The Morgan fingerprint density at radius 3 is 2.78 bits per heavy atom. The lowest BCUT2D eigenvalue weighted by molar-refractivity contribution is 0.0929. The lowest BCUT2D eigenvalue weighted by atomic mass is 10.0. The normalized spacial score (nSPS) is 16.1. The first-order valence-corrected chi connectivity index (χ1v) is 9.80. The van der Waals surface area contributed by atoms with Crippen molar-refractivity contribution in [3.8, 4) is 5.75 Å². The highest BCUT2D eigenvalue weighted by Gasteiger charge is 2.25. The van der Waals surface area contributed by atoms with E-state index in [0.717, 1.165) is 49.4 Å². The number of para-hydroxylation sites is 1. The summed E-state index contributed by atoms with van der Waals surface area (Å²) in [7, 11) is 0. The molecule has 3 rings (SSSR count). The summed E-state index contributed by atoms with van der Waals surface area (Å²) in [4.78, 5) is 12.9. The van der Waals surface area contributed by atoms with Crippen molar-refractivity contribution in [2.45, 2.75) is 52.1 Å². The van der Waals surface area contributed by atoms with Gasteiger partial charge in [0.1, 0.15) is 5.75 Å². The minimum Gasteiger partial charge on any atom is -0.494 e. The molecule has 27 heavy (non-hydrogen) atoms. The lowest BCUT2D eigenvalue weighted by Crippen LogP contribution is -2.31. The minimum absolute atomic E-state index is 0.135. The van der Waals surface area contributed by atoms with Crippen LogP contribution in [0.15, 0.2) is 24.3 Å². The van der Waals surface area contributed by atoms with E-state index in [4.69, 9.17) is 4.74 Å². The van der Waals surface area contributed by atoms with E-state index in [9.17, 15) is 4.79 Å². The van der Waals surface area contributed by atoms with Gasteiger partial charge in [0.2, 0.25) is 0 Å². The van der Waals surface area contributed by atoms with Gasteiger partial charge in [0.25, 0.3) is 5.91 Å². The first kappa shape index (κ1) is 19.4. The Labute approximate surface area is 160 Å². The molecule has 2 aromatic rings. The molecule has 2 N–H and O–H groups in total. The number of ether oxygens (including phenoxy) is 1. The number of hydrogen-bond acceptors (Lipinski definition) is 5. The maximum Gasteiger partial charge on any atom is 0.274 e. The summed E-state index contributed by atoms with van der Waals surface area (Å²) in [6.45, 7) is 8.46. The Balaban J connectivity index is 1.77. The highest BCUT2D eigenvalue weighted by atomic mass is 16.5. The molecule has 1 saturated heterocycles. The SMILES string of the molecule is CCOc1ccccc1C(CC)NC(=O)c1nnn(C2CCNCC2)c1C. The second kappa shape index (κ2) is 8.99. The predicted molar refractivity (Wildman–Crippen MR) is 104 cm³/mol. The van der Waals surface area contributed by atoms with Crippen molar-refractivity contribution in [2.75, 3.05) is 19.7 Å². The maximum absolute atomic E-state index is 12.9. The minimum atomic E-state index is -0.189. The summed E-state index contributed by atoms with van der Waals surface area (Å²) in [5, 5.41) is 14.9. The fourth-order valence-electron chi connectivity index (χ4n) is 3.63. The van der Waals surface area contributed by atoms with Gasteiger partial charge >= 0.3 is 0 Å². The molecule has 0 aliphatic carbocycles. The molecule has 1 aromatic carbocycles. The number of aromatic nitrogens is 3. The predicted octanol–water partition coefficient (Wildman–Crippen LogP) is 2.79. The van der Waals surface area contributed by atoms with Crippen molar-refractivity contribution < 1.29 is 9.53 Å². The van der Waals surface area contributed by atoms with Gasteiger partial charge in [-0.15, -0.1) is 5.10 Å². The zero-order valence-electron chi connectivity index (χ0n) is 16.4. The fourth-order valence-corrected chi connectivity index (χ4v) is 3.63. The summed E-state index contributed by atoms with van der Waals surface area (Å²) in [6.07, 6.45) is 2.77. The van der Waals surface area contributed by atoms with E-state index >= 15 is 0 Å². The second-order valence-electron chi connectivity index (χ2n) is 6.85. The van der Waals surface area contributed by atoms with Crippen molar-refractivity contribution >= 4 is 5.91 Å². The van der Waals surface area contributed by atoms with Gasteiger partial charge in [0.15, 0.2) is 5.69 Å². The maximum atomic E-state index is 12.9. The molecule has 1 fully saturated rings. The third-order valence-corrected chi connectivity index (χ3v) is 5.10. The molecule has 0 spiro atoms. The Morgan fingerprint density at radius 2 is 2.07 bits per heavy atom. The van der Waals surface area contributed by atoms with E-state index in [1.807, 2.05) is 49.7 Å². The van der Waals surface area contributed by atoms with Crippen molar-refractivity contribution in [1.82, 2.24) is 25.6 Å². The van der Waals surface area contributed by atoms with Gasteiger partial charge < -0.3 is 15.4 Å². The highest BCUT2D eigenvalue weighted by Crippen LogP contribution is 2.28. The van der Waals surface area contributed by atoms with Crippen LogP contribution in [0.5, 0.6) is 5.75 Å². The number of carbonyl (C=O) groups is 1. The van der Waals surface area contributed by atoms with Gasteiger partial charge in [-0.1, -0.05) is 30.3 Å². The van der Waals surface area contributed by atoms with E-state index < -0.39 is 0 Å². The van der Waals surface area contributed by atoms with Crippen LogP contribution >= 0.6 is 0 Å². The van der Waals surface area contributed by atoms with Crippen LogP contribution in [0.4, 0.5) is 0 Å². The third kappa shape index (κ3) is 4.30. The largest absolute Gasteiger partial charge is 0.494 e. The van der Waals surface area contributed by atoms with Crippen LogP contribution < -0.4 is 15.4 Å². The fraction of sp³-hybridized carbons (Fsp3) is 0.550. The van der Waals surface area contributed by atoms with Crippen LogP contribution in [-0.2, 0) is 0 Å². The smallest absolute Gasteiger partial charge is 0.274 e. The second-order valence-corrected chi connectivity index (χ2v) is 6.85. The molecule has 7 heteroatoms. The molecule has 1 aliphatic heterocycles. The molecular formula is C20H29N5O2. The number of benzene rings is 1. The summed E-state index contributed by atoms with van der Waals surface area (Å²) >= 11 is 0. The van der Waals surface area contributed by atoms with Crippen LogP contribution in [0.25, 0.3) is 0 Å². The molecule has 0 radical (unpaired) electrons. The van der Waals surface area contributed by atoms with Crippen molar-refractivity contribution in [3.63, 3.8) is 0 Å². The van der Waals surface area contributed by atoms with Crippen LogP contribution in [0.2, 0.25) is 0 Å². The van der Waals surface area contributed by atoms with E-state index in [0.29, 0.717) is 18.3 Å². The molecule has 0 saturated carbocycles. The number of rotatable bonds is 7. The molecular weight excluding hydrogens is 342 g/mol. The summed E-state index contributed by atoms with van der Waals surface area (Å²) in [5.74, 6) is 0.619. The van der Waals surface area contributed by atoms with Gasteiger partial charge in [-0.05, 0) is 52.3 Å². The Hall–Kier alpha value is -2.41. The van der Waals surface area contributed by atoms with Gasteiger partial charge in [-0.25, -0.2) is 4.68 Å². The Bertz CT molecular complexity index is 767. The summed E-state index contributed by atoms with van der Waals surface area (Å²) < 4.78 is 7.63. The number of piperidine rings is 1. The van der Waals surface area contributed by atoms with Gasteiger partial charge in [0, 0.05) is 5.56 Å². The summed E-state index contributed by atoms with van der Waals surface area (Å²) in [6, 6.07) is 8.01. The average molecular weight is 371 g/mol. The highest BCUT2D eigenvalue weighted by molar-refractivity contribution is 5.93. The molecule has 1 amide bonds. The van der Waals surface area contributed by atoms with Crippen molar-refractivity contribution in [1.29, 1.82) is 0 Å². The molecule has 1 aromatic heterocycles. The summed E-state index contributed by atoms with van der Waals surface area (Å²) in [5.41, 5.74) is 2.21. The Kier molecular flexibility index (Phi) is 6.45. The van der Waals surface area contributed by atoms with Gasteiger partial charge in [-0.3, -0.25) is 4.79 Å². The number of nitrogens with zero attached hydrogens (tertiary/aromatic N) is 3. The molecule has 0 bridgehead atoms. The number of nitrogens with one attached hydrogen (secondary N) is 2. The van der Waals surface area contributed by atoms with E-state index in [-0.39, 0.29) is 11.9 Å². The number of carbonyl (C=O) groups excluding carboxylic acids is 1. The van der Waals surface area contributed by atoms with Crippen molar-refractivity contribution in [3.05, 3.63) is 41.2 Å². The Morgan fingerprint density at radius 1 is 1.33 bits per heavy atom. The zero-order chi connectivity index (χ0) is 19.2. The zero-order valence-corrected chi connectivity index (χ0v) is 16.4. The number of amides is 1. The van der Waals surface area contributed by atoms with Crippen LogP contribution in [0.3, 0.4) is 0 Å². The third-order valence-electron chi connectivity index (χ3n) is 5.10. The number of hydrogen-bond donors (Lipinski definition) is 2. The first-order chi connectivity index (χ1) is 13.2. The quantitative estimate of drug-likeness (QED) is 0.782. The standard InChI is InChI=1S/C20H29N5O2/c1-4-17(16-8-6-7-9-18(16)27-5-2)22-20(26)19-14(3)25(24-23-19)15-10-12-21-13-11-15/h6-9,15,17,21H,4-5,10-13H2,1-3H3,(H,22,26). The van der Waals surface area contributed by atoms with Crippen LogP contribution in [-0.4, -0.2) is 40.6 Å². The van der Waals surface area contributed by atoms with E-state index in [2.05, 4.69) is 20.9 Å². The van der Waals surface area contributed by atoms with Crippen LogP contribution in [0, 0.1) is 6.92 Å². The molecule has 1 unspecified atom stereocenters. The molecule has 7 nitrogen and oxygen atoms in total. The van der Waals surface area contributed by atoms with Crippen molar-refractivity contribution in [2.24, 2.45) is 0 Å². The topological polar surface area (TPSA) is 81.1 Å². The first-order valence-electron chi connectivity index (χ1n) is 9.80. The van der Waals surface area contributed by atoms with Gasteiger partial charge in [-0.2, -0.15) is 0 Å². The average Bonchev–Trinajstić information content (AvgIpc) is 3.09. The molecule has 146 valence electrons. The molecule has 1 atom stereocenters. The monoisotopic (exact) mass is 371 g/mol. The molecule has 2 heterocycles. The van der Waals surface area contributed by atoms with Crippen LogP contribution in [0.1, 0.15) is 66.9 Å². The molecule has 1 aliphatic rings. The van der Waals surface area contributed by atoms with Gasteiger partial charge in [0.05, 0.1) is 24.4 Å². The van der Waals surface area contributed by atoms with E-state index in [1.54, 1.807) is 0 Å². The lowest BCUT2D eigenvalue weighted by Gasteiger charge is -2.23. The van der Waals surface area contributed by atoms with E-state index in [1.165, 1.54) is 0 Å².